The van der Waals surface area contributed by atoms with E-state index in [2.05, 4.69) is 19.1 Å². The van der Waals surface area contributed by atoms with Gasteiger partial charge in [-0.1, -0.05) is 37.3 Å². The van der Waals surface area contributed by atoms with E-state index in [1.54, 1.807) is 14.2 Å². The molecule has 0 spiro atoms. The summed E-state index contributed by atoms with van der Waals surface area (Å²) in [4.78, 5) is 0. The highest BCUT2D eigenvalue weighted by Gasteiger charge is 2.62. The molecule has 0 aromatic heterocycles. The van der Waals surface area contributed by atoms with Crippen molar-refractivity contribution in [2.75, 3.05) is 27.4 Å². The van der Waals surface area contributed by atoms with Gasteiger partial charge >= 0.3 is 0 Å². The van der Waals surface area contributed by atoms with E-state index in [-0.39, 0.29) is 24.2 Å². The number of benzene rings is 1. The highest BCUT2D eigenvalue weighted by Crippen LogP contribution is 2.46. The zero-order valence-corrected chi connectivity index (χ0v) is 21.4. The van der Waals surface area contributed by atoms with E-state index in [0.29, 0.717) is 19.8 Å². The lowest BCUT2D eigenvalue weighted by Gasteiger charge is -2.57. The van der Waals surface area contributed by atoms with Crippen molar-refractivity contribution in [1.82, 2.24) is 0 Å². The summed E-state index contributed by atoms with van der Waals surface area (Å²) < 4.78 is 49.2. The largest absolute Gasteiger partial charge is 0.373 e. The van der Waals surface area contributed by atoms with Crippen LogP contribution in [0.3, 0.4) is 0 Å². The lowest BCUT2D eigenvalue weighted by molar-refractivity contribution is -0.468. The summed E-state index contributed by atoms with van der Waals surface area (Å²) in [6.07, 6.45) is -0.600. The normalized spacial score (nSPS) is 41.9. The molecule has 8 heteroatoms. The lowest BCUT2D eigenvalue weighted by Crippen LogP contribution is -2.71. The molecular formula is C26H40O8. The Hall–Kier alpha value is -1.10. The van der Waals surface area contributed by atoms with Crippen LogP contribution in [-0.4, -0.2) is 75.3 Å². The Kier molecular flexibility index (Phi) is 7.72. The molecule has 2 aliphatic heterocycles. The molecule has 34 heavy (non-hydrogen) atoms. The molecule has 0 N–H and O–H groups in total. The fourth-order valence-electron chi connectivity index (χ4n) is 5.10. The summed E-state index contributed by atoms with van der Waals surface area (Å²) in [5, 5.41) is 0. The van der Waals surface area contributed by atoms with Gasteiger partial charge in [-0.05, 0) is 45.6 Å². The van der Waals surface area contributed by atoms with Gasteiger partial charge in [0.05, 0.1) is 32.0 Å². The molecule has 0 radical (unpaired) electrons. The standard InChI is InChI=1S/C26H40O8/c1-17-13-20(29-15-19-16-31-24(2,3)32-19)22-23(21(17)30-14-18-11-9-8-10-12-18)34-26(5,28-7)25(4,27-6)33-22/h8-12,17,19-23H,13-16H2,1-7H3/t17-,19+,20-,21-,22-,23-,25?,26?/m1/s1. The molecule has 192 valence electrons. The van der Waals surface area contributed by atoms with Crippen molar-refractivity contribution in [3.63, 3.8) is 0 Å². The molecule has 2 heterocycles. The van der Waals surface area contributed by atoms with Crippen molar-refractivity contribution >= 4 is 0 Å². The summed E-state index contributed by atoms with van der Waals surface area (Å²) in [6.45, 7) is 11.1. The zero-order chi connectivity index (χ0) is 24.6. The molecule has 2 unspecified atom stereocenters. The maximum atomic E-state index is 6.61. The van der Waals surface area contributed by atoms with E-state index in [1.165, 1.54) is 0 Å². The molecule has 3 fully saturated rings. The Morgan fingerprint density at radius 1 is 0.882 bits per heavy atom. The summed E-state index contributed by atoms with van der Waals surface area (Å²) in [5.41, 5.74) is 1.11. The van der Waals surface area contributed by atoms with Crippen LogP contribution >= 0.6 is 0 Å². The number of fused-ring (bicyclic) bond motifs is 1. The summed E-state index contributed by atoms with van der Waals surface area (Å²) in [5.74, 6) is -2.66. The molecule has 0 bridgehead atoms. The van der Waals surface area contributed by atoms with Crippen LogP contribution in [0.5, 0.6) is 0 Å². The summed E-state index contributed by atoms with van der Waals surface area (Å²) >= 11 is 0. The van der Waals surface area contributed by atoms with E-state index in [9.17, 15) is 0 Å². The van der Waals surface area contributed by atoms with Crippen molar-refractivity contribution in [2.24, 2.45) is 5.92 Å². The Morgan fingerprint density at radius 3 is 2.12 bits per heavy atom. The first-order valence-corrected chi connectivity index (χ1v) is 12.1. The Bertz CT molecular complexity index is 803. The summed E-state index contributed by atoms with van der Waals surface area (Å²) in [6, 6.07) is 10.1. The van der Waals surface area contributed by atoms with E-state index in [1.807, 2.05) is 45.9 Å². The maximum Gasteiger partial charge on any atom is 0.220 e. The minimum absolute atomic E-state index is 0.127. The minimum Gasteiger partial charge on any atom is -0.373 e. The molecule has 8 atom stereocenters. The molecule has 2 saturated heterocycles. The predicted molar refractivity (Wildman–Crippen MR) is 124 cm³/mol. The lowest BCUT2D eigenvalue weighted by atomic mass is 9.80. The van der Waals surface area contributed by atoms with E-state index >= 15 is 0 Å². The van der Waals surface area contributed by atoms with Gasteiger partial charge in [-0.15, -0.1) is 0 Å². The molecule has 0 amide bonds. The van der Waals surface area contributed by atoms with Crippen molar-refractivity contribution in [1.29, 1.82) is 0 Å². The number of rotatable bonds is 8. The zero-order valence-electron chi connectivity index (χ0n) is 21.4. The van der Waals surface area contributed by atoms with Gasteiger partial charge in [0.1, 0.15) is 18.3 Å². The smallest absolute Gasteiger partial charge is 0.220 e. The Balaban J connectivity index is 1.53. The third kappa shape index (κ3) is 5.20. The fraction of sp³-hybridized carbons (Fsp3) is 0.769. The number of hydrogen-bond acceptors (Lipinski definition) is 8. The van der Waals surface area contributed by atoms with Gasteiger partial charge in [-0.25, -0.2) is 0 Å². The third-order valence-corrected chi connectivity index (χ3v) is 7.35. The van der Waals surface area contributed by atoms with Crippen molar-refractivity contribution < 1.29 is 37.9 Å². The first-order chi connectivity index (χ1) is 16.1. The average molecular weight is 481 g/mol. The van der Waals surface area contributed by atoms with Crippen LogP contribution in [0.2, 0.25) is 0 Å². The topological polar surface area (TPSA) is 73.8 Å². The van der Waals surface area contributed by atoms with Crippen LogP contribution in [0.1, 0.15) is 46.6 Å². The van der Waals surface area contributed by atoms with E-state index in [0.717, 1.165) is 12.0 Å². The molecule has 8 nitrogen and oxygen atoms in total. The van der Waals surface area contributed by atoms with Gasteiger partial charge in [-0.3, -0.25) is 0 Å². The van der Waals surface area contributed by atoms with Gasteiger partial charge in [0, 0.05) is 14.2 Å². The molecule has 1 saturated carbocycles. The monoisotopic (exact) mass is 480 g/mol. The first-order valence-electron chi connectivity index (χ1n) is 12.1. The number of methoxy groups -OCH3 is 2. The molecule has 3 aliphatic rings. The maximum absolute atomic E-state index is 6.61. The second-order valence-electron chi connectivity index (χ2n) is 10.3. The van der Waals surface area contributed by atoms with Gasteiger partial charge in [-0.2, -0.15) is 0 Å². The Morgan fingerprint density at radius 2 is 1.53 bits per heavy atom. The van der Waals surface area contributed by atoms with Crippen molar-refractivity contribution in [2.45, 2.75) is 95.5 Å². The van der Waals surface area contributed by atoms with Gasteiger partial charge < -0.3 is 37.9 Å². The van der Waals surface area contributed by atoms with Crippen molar-refractivity contribution in [3.05, 3.63) is 35.9 Å². The van der Waals surface area contributed by atoms with E-state index < -0.39 is 29.6 Å². The second-order valence-corrected chi connectivity index (χ2v) is 10.3. The van der Waals surface area contributed by atoms with Crippen LogP contribution in [0, 0.1) is 5.92 Å². The van der Waals surface area contributed by atoms with Gasteiger partial charge in [0.15, 0.2) is 5.79 Å². The molecule has 1 aliphatic carbocycles. The predicted octanol–water partition coefficient (Wildman–Crippen LogP) is 3.66. The quantitative estimate of drug-likeness (QED) is 0.558. The molecule has 4 rings (SSSR count). The third-order valence-electron chi connectivity index (χ3n) is 7.35. The Labute approximate surface area is 203 Å². The van der Waals surface area contributed by atoms with Gasteiger partial charge in [0.2, 0.25) is 11.6 Å². The van der Waals surface area contributed by atoms with Crippen LogP contribution in [-0.2, 0) is 44.5 Å². The molecule has 1 aromatic carbocycles. The average Bonchev–Trinajstić information content (AvgIpc) is 3.17. The first kappa shape index (κ1) is 26.0. The van der Waals surface area contributed by atoms with Crippen LogP contribution in [0.4, 0.5) is 0 Å². The molecule has 1 aromatic rings. The van der Waals surface area contributed by atoms with Crippen LogP contribution in [0.15, 0.2) is 30.3 Å². The number of ether oxygens (including phenoxy) is 8. The summed E-state index contributed by atoms with van der Waals surface area (Å²) in [7, 11) is 3.19. The SMILES string of the molecule is COC1(C)O[C@@H]2[C@H](OCc3ccccc3)[C@H](C)C[C@@H](OC[C@H]3COC(C)(C)O3)[C@H]2OC1(C)OC. The minimum atomic E-state index is -1.12. The van der Waals surface area contributed by atoms with E-state index in [4.69, 9.17) is 37.9 Å². The highest BCUT2D eigenvalue weighted by molar-refractivity contribution is 5.13. The fourth-order valence-corrected chi connectivity index (χ4v) is 5.10. The molecular weight excluding hydrogens is 440 g/mol. The number of hydrogen-bond donors (Lipinski definition) is 0. The van der Waals surface area contributed by atoms with Crippen LogP contribution < -0.4 is 0 Å². The van der Waals surface area contributed by atoms with Crippen LogP contribution in [0.25, 0.3) is 0 Å². The van der Waals surface area contributed by atoms with Crippen molar-refractivity contribution in [3.8, 4) is 0 Å². The second kappa shape index (κ2) is 10.1. The highest BCUT2D eigenvalue weighted by atomic mass is 16.8. The van der Waals surface area contributed by atoms with Gasteiger partial charge in [0.25, 0.3) is 0 Å².